The predicted molar refractivity (Wildman–Crippen MR) is 128 cm³/mol. The first-order valence-electron chi connectivity index (χ1n) is 12.3. The minimum Gasteiger partial charge on any atom is -0.348 e. The van der Waals surface area contributed by atoms with Crippen molar-refractivity contribution in [2.75, 3.05) is 6.54 Å². The Morgan fingerprint density at radius 1 is 1.20 bits per heavy atom. The van der Waals surface area contributed by atoms with Gasteiger partial charge in [-0.3, -0.25) is 9.69 Å². The van der Waals surface area contributed by atoms with Crippen LogP contribution in [0.25, 0.3) is 0 Å². The molecule has 0 radical (unpaired) electrons. The van der Waals surface area contributed by atoms with Gasteiger partial charge in [-0.15, -0.1) is 31.7 Å². The summed E-state index contributed by atoms with van der Waals surface area (Å²) in [6, 6.07) is 4.39. The zero-order chi connectivity index (χ0) is 24.5. The van der Waals surface area contributed by atoms with Crippen LogP contribution in [0.4, 0.5) is 4.39 Å². The number of carbonyl (C=O) groups is 1. The Morgan fingerprint density at radius 2 is 1.97 bits per heavy atom. The van der Waals surface area contributed by atoms with Crippen molar-refractivity contribution < 1.29 is 9.18 Å². The Balaban J connectivity index is 1.25. The molecule has 0 spiro atoms. The molecule has 2 aliphatic rings. The summed E-state index contributed by atoms with van der Waals surface area (Å²) in [5.41, 5.74) is 0. The number of rotatable bonds is 9. The quantitative estimate of drug-likeness (QED) is 0.463. The van der Waals surface area contributed by atoms with Gasteiger partial charge >= 0.3 is 0 Å². The highest BCUT2D eigenvalue weighted by atomic mass is 32.1. The van der Waals surface area contributed by atoms with Crippen LogP contribution in [-0.4, -0.2) is 64.8 Å². The molecule has 2 fully saturated rings. The van der Waals surface area contributed by atoms with Crippen LogP contribution in [-0.2, 0) is 11.2 Å². The van der Waals surface area contributed by atoms with Gasteiger partial charge in [-0.2, -0.15) is 9.60 Å². The molecular weight excluding hydrogens is 469 g/mol. The highest BCUT2D eigenvalue weighted by Crippen LogP contribution is 2.42. The minimum absolute atomic E-state index is 0.0357. The summed E-state index contributed by atoms with van der Waals surface area (Å²) in [5, 5.41) is 25.2. The van der Waals surface area contributed by atoms with Gasteiger partial charge in [0.2, 0.25) is 5.91 Å². The topological polar surface area (TPSA) is 118 Å². The van der Waals surface area contributed by atoms with E-state index in [2.05, 4.69) is 66.4 Å². The lowest BCUT2D eigenvalue weighted by atomic mass is 9.95. The molecule has 0 saturated carbocycles. The van der Waals surface area contributed by atoms with Gasteiger partial charge in [0.15, 0.2) is 11.0 Å². The van der Waals surface area contributed by atoms with Gasteiger partial charge in [-0.05, 0) is 51.2 Å². The maximum absolute atomic E-state index is 13.8. The monoisotopic (exact) mass is 501 g/mol. The Morgan fingerprint density at radius 3 is 2.60 bits per heavy atom. The molecule has 2 bridgehead atoms. The van der Waals surface area contributed by atoms with E-state index in [1.54, 1.807) is 6.07 Å². The number of tetrazole rings is 1. The molecular formula is C23H32FN9OS. The van der Waals surface area contributed by atoms with Crippen molar-refractivity contribution in [3.05, 3.63) is 39.6 Å². The number of aryl methyl sites for hydroxylation is 1. The van der Waals surface area contributed by atoms with E-state index in [9.17, 15) is 9.18 Å². The molecule has 35 heavy (non-hydrogen) atoms. The van der Waals surface area contributed by atoms with Crippen LogP contribution in [0.3, 0.4) is 0 Å². The molecule has 2 aliphatic heterocycles. The van der Waals surface area contributed by atoms with E-state index in [0.717, 1.165) is 53.7 Å². The van der Waals surface area contributed by atoms with Crippen LogP contribution in [0.2, 0.25) is 0 Å². The SMILES string of the molecule is Cc1nnc(C(C)C)n1C1C[C@H]2CC[C@@H](C1)N2CC[C@H](NC(=O)Cc1nn[nH]n1)c1ccc(F)s1. The number of carbonyl (C=O) groups excluding carboxylic acids is 1. The van der Waals surface area contributed by atoms with Gasteiger partial charge in [0.1, 0.15) is 11.6 Å². The molecule has 0 aliphatic carbocycles. The number of aromatic nitrogens is 7. The maximum Gasteiger partial charge on any atom is 0.228 e. The zero-order valence-electron chi connectivity index (χ0n) is 20.3. The molecule has 2 N–H and O–H groups in total. The fraction of sp³-hybridized carbons (Fsp3) is 0.652. The van der Waals surface area contributed by atoms with Crippen molar-refractivity contribution in [3.63, 3.8) is 0 Å². The van der Waals surface area contributed by atoms with Crippen molar-refractivity contribution in [1.29, 1.82) is 0 Å². The Hall–Kier alpha value is -2.73. The first-order chi connectivity index (χ1) is 16.9. The second-order valence-electron chi connectivity index (χ2n) is 9.93. The number of hydrogen-bond donors (Lipinski definition) is 2. The molecule has 1 unspecified atom stereocenters. The number of halogens is 1. The van der Waals surface area contributed by atoms with Crippen molar-refractivity contribution in [1.82, 2.24) is 45.6 Å². The van der Waals surface area contributed by atoms with Crippen molar-refractivity contribution in [2.45, 2.75) is 89.4 Å². The lowest BCUT2D eigenvalue weighted by Gasteiger charge is -2.40. The number of nitrogens with one attached hydrogen (secondary N) is 2. The number of amides is 1. The lowest BCUT2D eigenvalue weighted by molar-refractivity contribution is -0.121. The number of piperidine rings is 1. The van der Waals surface area contributed by atoms with E-state index < -0.39 is 0 Å². The van der Waals surface area contributed by atoms with Crippen LogP contribution in [0.15, 0.2) is 12.1 Å². The molecule has 2 saturated heterocycles. The standard InChI is InChI=1S/C23H32FN9OS/c1-13(2)23-29-26-14(3)33(23)17-10-15-4-5-16(11-17)32(15)9-8-18(19-6-7-20(24)35-19)25-22(34)12-21-27-30-31-28-21/h6-7,13,15-18H,4-5,8-12H2,1-3H3,(H,25,34)(H,27,28,30,31)/t15-,16+,17?,18-/m0/s1. The molecule has 5 heterocycles. The summed E-state index contributed by atoms with van der Waals surface area (Å²) in [6.07, 6.45) is 5.28. The fourth-order valence-corrected chi connectivity index (χ4v) is 6.59. The van der Waals surface area contributed by atoms with Crippen LogP contribution >= 0.6 is 11.3 Å². The normalized spacial score (nSPS) is 23.2. The van der Waals surface area contributed by atoms with Crippen LogP contribution in [0, 0.1) is 12.1 Å². The van der Waals surface area contributed by atoms with E-state index in [-0.39, 0.29) is 23.5 Å². The van der Waals surface area contributed by atoms with Gasteiger partial charge in [0.25, 0.3) is 0 Å². The van der Waals surface area contributed by atoms with Crippen molar-refractivity contribution in [2.24, 2.45) is 0 Å². The van der Waals surface area contributed by atoms with Gasteiger partial charge in [0, 0.05) is 35.5 Å². The summed E-state index contributed by atoms with van der Waals surface area (Å²) < 4.78 is 16.2. The smallest absolute Gasteiger partial charge is 0.228 e. The molecule has 1 amide bonds. The maximum atomic E-state index is 13.8. The molecule has 3 aromatic rings. The number of H-pyrrole nitrogens is 1. The highest BCUT2D eigenvalue weighted by molar-refractivity contribution is 7.10. The average Bonchev–Trinajstić information content (AvgIpc) is 3.60. The Kier molecular flexibility index (Phi) is 6.92. The highest BCUT2D eigenvalue weighted by Gasteiger charge is 2.42. The Bertz CT molecular complexity index is 1130. The van der Waals surface area contributed by atoms with E-state index in [4.69, 9.17) is 0 Å². The number of fused-ring (bicyclic) bond motifs is 2. The second kappa shape index (κ2) is 10.1. The van der Waals surface area contributed by atoms with Crippen LogP contribution < -0.4 is 5.32 Å². The number of nitrogens with zero attached hydrogens (tertiary/aromatic N) is 7. The molecule has 10 nitrogen and oxygen atoms in total. The Labute approximate surface area is 207 Å². The number of hydrogen-bond acceptors (Lipinski definition) is 8. The molecule has 3 aromatic heterocycles. The lowest BCUT2D eigenvalue weighted by Crippen LogP contribution is -2.45. The van der Waals surface area contributed by atoms with Crippen molar-refractivity contribution in [3.8, 4) is 0 Å². The van der Waals surface area contributed by atoms with Gasteiger partial charge in [-0.25, -0.2) is 0 Å². The molecule has 12 heteroatoms. The average molecular weight is 502 g/mol. The summed E-state index contributed by atoms with van der Waals surface area (Å²) >= 11 is 1.09. The number of thiophene rings is 1. The van der Waals surface area contributed by atoms with Gasteiger partial charge in [-0.1, -0.05) is 19.1 Å². The summed E-state index contributed by atoms with van der Waals surface area (Å²) in [5.74, 6) is 2.55. The molecule has 4 atom stereocenters. The summed E-state index contributed by atoms with van der Waals surface area (Å²) in [6.45, 7) is 7.25. The summed E-state index contributed by atoms with van der Waals surface area (Å²) in [4.78, 5) is 16.1. The van der Waals surface area contributed by atoms with Crippen LogP contribution in [0.1, 0.15) is 86.3 Å². The van der Waals surface area contributed by atoms with Gasteiger partial charge in [0.05, 0.1) is 12.5 Å². The van der Waals surface area contributed by atoms with Crippen molar-refractivity contribution >= 4 is 17.2 Å². The first-order valence-corrected chi connectivity index (χ1v) is 13.1. The molecule has 0 aromatic carbocycles. The van der Waals surface area contributed by atoms with E-state index in [1.165, 1.54) is 18.9 Å². The third-order valence-corrected chi connectivity index (χ3v) is 8.28. The molecule has 5 rings (SSSR count). The largest absolute Gasteiger partial charge is 0.348 e. The van der Waals surface area contributed by atoms with Gasteiger partial charge < -0.3 is 9.88 Å². The summed E-state index contributed by atoms with van der Waals surface area (Å²) in [7, 11) is 0. The minimum atomic E-state index is -0.256. The third kappa shape index (κ3) is 5.13. The second-order valence-corrected chi connectivity index (χ2v) is 11.0. The van der Waals surface area contributed by atoms with E-state index in [0.29, 0.717) is 29.9 Å². The van der Waals surface area contributed by atoms with E-state index >= 15 is 0 Å². The van der Waals surface area contributed by atoms with Crippen LogP contribution in [0.5, 0.6) is 0 Å². The zero-order valence-corrected chi connectivity index (χ0v) is 21.1. The first kappa shape index (κ1) is 24.0. The number of aromatic amines is 1. The third-order valence-electron chi connectivity index (χ3n) is 7.29. The van der Waals surface area contributed by atoms with E-state index in [1.807, 2.05) is 0 Å². The predicted octanol–water partition coefficient (Wildman–Crippen LogP) is 3.08. The molecule has 188 valence electrons. The fourth-order valence-electron chi connectivity index (χ4n) is 5.78.